The summed E-state index contributed by atoms with van der Waals surface area (Å²) in [6.07, 6.45) is 0. The number of carbonyl (C=O) groups excluding carboxylic acids is 1. The maximum Gasteiger partial charge on any atom is 0.237 e. The van der Waals surface area contributed by atoms with Crippen molar-refractivity contribution in [1.29, 1.82) is 0 Å². The Morgan fingerprint density at radius 2 is 1.82 bits per heavy atom. The number of halogens is 3. The first-order valence-electron chi connectivity index (χ1n) is 6.59. The van der Waals surface area contributed by atoms with Crippen LogP contribution in [0.5, 0.6) is 0 Å². The van der Waals surface area contributed by atoms with E-state index in [4.69, 9.17) is 23.2 Å². The summed E-state index contributed by atoms with van der Waals surface area (Å²) in [7, 11) is 0. The monoisotopic (exact) mass is 357 g/mol. The number of nitrogens with one attached hydrogen (secondary N) is 1. The number of carbonyl (C=O) groups is 1. The van der Waals surface area contributed by atoms with Crippen molar-refractivity contribution in [3.05, 3.63) is 63.9 Å². The highest BCUT2D eigenvalue weighted by Gasteiger charge is 2.16. The molecule has 1 amide bonds. The molecule has 0 fully saturated rings. The van der Waals surface area contributed by atoms with Gasteiger partial charge in [-0.2, -0.15) is 0 Å². The lowest BCUT2D eigenvalue weighted by Crippen LogP contribution is -2.23. The van der Waals surface area contributed by atoms with Gasteiger partial charge in [0.2, 0.25) is 5.91 Å². The minimum Gasteiger partial charge on any atom is -0.323 e. The molecule has 0 unspecified atom stereocenters. The first kappa shape index (κ1) is 17.1. The zero-order chi connectivity index (χ0) is 16.1. The lowest BCUT2D eigenvalue weighted by molar-refractivity contribution is -0.115. The third-order valence-corrected chi connectivity index (χ3v) is 4.92. The van der Waals surface area contributed by atoms with Crippen molar-refractivity contribution in [2.45, 2.75) is 17.9 Å². The van der Waals surface area contributed by atoms with Gasteiger partial charge in [-0.05, 0) is 36.8 Å². The van der Waals surface area contributed by atoms with Gasteiger partial charge < -0.3 is 5.32 Å². The summed E-state index contributed by atoms with van der Waals surface area (Å²) in [5.74, 6) is -0.217. The van der Waals surface area contributed by atoms with E-state index in [1.54, 1.807) is 37.3 Å². The van der Waals surface area contributed by atoms with Crippen molar-refractivity contribution in [2.24, 2.45) is 0 Å². The van der Waals surface area contributed by atoms with Crippen LogP contribution < -0.4 is 5.32 Å². The van der Waals surface area contributed by atoms with E-state index in [0.29, 0.717) is 15.8 Å². The van der Waals surface area contributed by atoms with Gasteiger partial charge in [-0.15, -0.1) is 11.8 Å². The first-order valence-corrected chi connectivity index (χ1v) is 8.39. The molecule has 0 bridgehead atoms. The molecule has 1 N–H and O–H groups in total. The minimum atomic E-state index is -0.456. The fraction of sp³-hybridized carbons (Fsp3) is 0.188. The number of thioether (sulfide) groups is 1. The maximum absolute atomic E-state index is 13.5. The van der Waals surface area contributed by atoms with Crippen LogP contribution in [-0.4, -0.2) is 11.2 Å². The zero-order valence-electron chi connectivity index (χ0n) is 11.8. The molecule has 0 aliphatic heterocycles. The van der Waals surface area contributed by atoms with Gasteiger partial charge >= 0.3 is 0 Å². The van der Waals surface area contributed by atoms with Gasteiger partial charge in [0.25, 0.3) is 0 Å². The van der Waals surface area contributed by atoms with E-state index in [1.807, 2.05) is 0 Å². The number of hydrogen-bond acceptors (Lipinski definition) is 2. The Labute approximate surface area is 143 Å². The second kappa shape index (κ2) is 7.86. The van der Waals surface area contributed by atoms with E-state index < -0.39 is 5.82 Å². The molecule has 0 aliphatic rings. The second-order valence-electron chi connectivity index (χ2n) is 4.62. The molecule has 0 aliphatic carbocycles. The van der Waals surface area contributed by atoms with E-state index >= 15 is 0 Å². The molecular weight excluding hydrogens is 344 g/mol. The summed E-state index contributed by atoms with van der Waals surface area (Å²) in [5.41, 5.74) is 0.970. The lowest BCUT2D eigenvalue weighted by Gasteiger charge is -2.13. The summed E-state index contributed by atoms with van der Waals surface area (Å²) in [6, 6.07) is 11.4. The molecule has 2 aromatic carbocycles. The fourth-order valence-corrected chi connectivity index (χ4v) is 3.38. The molecule has 0 spiro atoms. The fourth-order valence-electron chi connectivity index (χ4n) is 1.75. The van der Waals surface area contributed by atoms with Gasteiger partial charge in [0.15, 0.2) is 0 Å². The van der Waals surface area contributed by atoms with Crippen LogP contribution in [0.4, 0.5) is 10.1 Å². The molecule has 116 valence electrons. The van der Waals surface area contributed by atoms with Crippen LogP contribution in [0.15, 0.2) is 42.5 Å². The SMILES string of the molecule is C[C@H](SCc1c(Cl)cccc1Cl)C(=O)Nc1ccccc1F. The molecular formula is C16H14Cl2FNOS. The van der Waals surface area contributed by atoms with Crippen LogP contribution in [0.1, 0.15) is 12.5 Å². The van der Waals surface area contributed by atoms with Gasteiger partial charge in [0.05, 0.1) is 10.9 Å². The summed E-state index contributed by atoms with van der Waals surface area (Å²) in [6.45, 7) is 1.76. The van der Waals surface area contributed by atoms with E-state index in [-0.39, 0.29) is 16.8 Å². The van der Waals surface area contributed by atoms with Crippen LogP contribution in [0.2, 0.25) is 10.0 Å². The van der Waals surface area contributed by atoms with Gasteiger partial charge in [0.1, 0.15) is 5.82 Å². The van der Waals surface area contributed by atoms with E-state index in [0.717, 1.165) is 5.56 Å². The number of rotatable bonds is 5. The average Bonchev–Trinajstić information content (AvgIpc) is 2.48. The number of hydrogen-bond donors (Lipinski definition) is 1. The summed E-state index contributed by atoms with van der Waals surface area (Å²) < 4.78 is 13.5. The first-order chi connectivity index (χ1) is 10.5. The van der Waals surface area contributed by atoms with E-state index in [2.05, 4.69) is 5.32 Å². The Morgan fingerprint density at radius 3 is 2.45 bits per heavy atom. The Bertz CT molecular complexity index is 661. The molecule has 0 heterocycles. The van der Waals surface area contributed by atoms with E-state index in [1.165, 1.54) is 23.9 Å². The predicted octanol–water partition coefficient (Wildman–Crippen LogP) is 5.39. The molecule has 0 saturated heterocycles. The van der Waals surface area contributed by atoms with Gasteiger partial charge in [0, 0.05) is 15.8 Å². The zero-order valence-corrected chi connectivity index (χ0v) is 14.1. The molecule has 2 rings (SSSR count). The van der Waals surface area contributed by atoms with Crippen molar-refractivity contribution in [1.82, 2.24) is 0 Å². The van der Waals surface area contributed by atoms with Crippen molar-refractivity contribution >= 4 is 46.6 Å². The highest BCUT2D eigenvalue weighted by Crippen LogP contribution is 2.30. The quantitative estimate of drug-likeness (QED) is 0.776. The second-order valence-corrected chi connectivity index (χ2v) is 6.77. The molecule has 6 heteroatoms. The molecule has 0 saturated carbocycles. The Kier molecular flexibility index (Phi) is 6.12. The molecule has 2 aromatic rings. The smallest absolute Gasteiger partial charge is 0.237 e. The Morgan fingerprint density at radius 1 is 1.18 bits per heavy atom. The number of benzene rings is 2. The third-order valence-electron chi connectivity index (χ3n) is 3.04. The largest absolute Gasteiger partial charge is 0.323 e. The van der Waals surface area contributed by atoms with Crippen molar-refractivity contribution < 1.29 is 9.18 Å². The molecule has 0 aromatic heterocycles. The highest BCUT2D eigenvalue weighted by atomic mass is 35.5. The predicted molar refractivity (Wildman–Crippen MR) is 92.2 cm³/mol. The third kappa shape index (κ3) is 4.38. The summed E-state index contributed by atoms with van der Waals surface area (Å²) in [4.78, 5) is 12.1. The number of para-hydroxylation sites is 1. The summed E-state index contributed by atoms with van der Waals surface area (Å²) in [5, 5.41) is 3.35. The van der Waals surface area contributed by atoms with Gasteiger partial charge in [-0.25, -0.2) is 4.39 Å². The van der Waals surface area contributed by atoms with Crippen LogP contribution in [-0.2, 0) is 10.5 Å². The van der Waals surface area contributed by atoms with Crippen molar-refractivity contribution in [2.75, 3.05) is 5.32 Å². The highest BCUT2D eigenvalue weighted by molar-refractivity contribution is 7.99. The van der Waals surface area contributed by atoms with Crippen LogP contribution in [0.3, 0.4) is 0 Å². The maximum atomic E-state index is 13.5. The van der Waals surface area contributed by atoms with Crippen molar-refractivity contribution in [3.63, 3.8) is 0 Å². The number of anilines is 1. The van der Waals surface area contributed by atoms with Gasteiger partial charge in [-0.1, -0.05) is 41.4 Å². The van der Waals surface area contributed by atoms with Crippen LogP contribution in [0.25, 0.3) is 0 Å². The molecule has 2 nitrogen and oxygen atoms in total. The van der Waals surface area contributed by atoms with Gasteiger partial charge in [-0.3, -0.25) is 4.79 Å². The average molecular weight is 358 g/mol. The topological polar surface area (TPSA) is 29.1 Å². The Balaban J connectivity index is 1.96. The molecule has 22 heavy (non-hydrogen) atoms. The summed E-state index contributed by atoms with van der Waals surface area (Å²) >= 11 is 13.6. The Hall–Kier alpha value is -1.23. The standard InChI is InChI=1S/C16H14Cl2FNOS/c1-10(16(21)20-15-8-3-2-7-14(15)19)22-9-11-12(17)5-4-6-13(11)18/h2-8,10H,9H2,1H3,(H,20,21)/t10-/m0/s1. The molecule has 1 atom stereocenters. The minimum absolute atomic E-state index is 0.177. The van der Waals surface area contributed by atoms with Crippen LogP contribution in [0, 0.1) is 5.82 Å². The van der Waals surface area contributed by atoms with Crippen LogP contribution >= 0.6 is 35.0 Å². The number of amides is 1. The molecule has 0 radical (unpaired) electrons. The van der Waals surface area contributed by atoms with E-state index in [9.17, 15) is 9.18 Å². The normalized spacial score (nSPS) is 12.0. The lowest BCUT2D eigenvalue weighted by atomic mass is 10.2. The van der Waals surface area contributed by atoms with Crippen molar-refractivity contribution in [3.8, 4) is 0 Å².